The summed E-state index contributed by atoms with van der Waals surface area (Å²) in [7, 11) is 1.75. The van der Waals surface area contributed by atoms with Crippen molar-refractivity contribution < 1.29 is 4.74 Å². The first-order valence-corrected chi connectivity index (χ1v) is 5.63. The van der Waals surface area contributed by atoms with E-state index in [0.717, 1.165) is 39.2 Å². The fraction of sp³-hybridized carbons (Fsp3) is 0.833. The molecule has 0 aliphatic heterocycles. The van der Waals surface area contributed by atoms with Gasteiger partial charge in [0.25, 0.3) is 0 Å². The highest BCUT2D eigenvalue weighted by Crippen LogP contribution is 2.18. The summed E-state index contributed by atoms with van der Waals surface area (Å²) >= 11 is 0. The lowest BCUT2D eigenvalue weighted by Gasteiger charge is -2.24. The molecule has 0 radical (unpaired) electrons. The van der Waals surface area contributed by atoms with Crippen molar-refractivity contribution in [2.75, 3.05) is 39.9 Å². The van der Waals surface area contributed by atoms with Crippen LogP contribution in [0, 0.1) is 5.41 Å². The SMILES string of the molecule is C=CCNCCNCC(C)(C)CCOC. The van der Waals surface area contributed by atoms with E-state index in [9.17, 15) is 0 Å². The van der Waals surface area contributed by atoms with E-state index in [0.29, 0.717) is 5.41 Å². The summed E-state index contributed by atoms with van der Waals surface area (Å²) in [6.45, 7) is 12.9. The fourth-order valence-corrected chi connectivity index (χ4v) is 1.27. The number of hydrogen-bond donors (Lipinski definition) is 2. The standard InChI is InChI=1S/C12H26N2O/c1-5-7-13-8-9-14-11-12(2,3)6-10-15-4/h5,13-14H,1,6-11H2,2-4H3. The first kappa shape index (κ1) is 14.6. The van der Waals surface area contributed by atoms with Crippen LogP contribution < -0.4 is 10.6 Å². The number of rotatable bonds is 10. The number of hydrogen-bond acceptors (Lipinski definition) is 3. The summed E-state index contributed by atoms with van der Waals surface area (Å²) in [5, 5.41) is 6.70. The molecule has 0 atom stereocenters. The minimum absolute atomic E-state index is 0.314. The summed E-state index contributed by atoms with van der Waals surface area (Å²) in [4.78, 5) is 0. The van der Waals surface area contributed by atoms with Gasteiger partial charge in [-0.1, -0.05) is 19.9 Å². The van der Waals surface area contributed by atoms with Gasteiger partial charge in [0.1, 0.15) is 0 Å². The third kappa shape index (κ3) is 9.91. The molecule has 0 heterocycles. The highest BCUT2D eigenvalue weighted by Gasteiger charge is 2.16. The van der Waals surface area contributed by atoms with Crippen LogP contribution in [0.15, 0.2) is 12.7 Å². The molecule has 0 bridgehead atoms. The van der Waals surface area contributed by atoms with Gasteiger partial charge in [-0.05, 0) is 11.8 Å². The van der Waals surface area contributed by atoms with Crippen LogP contribution in [0.5, 0.6) is 0 Å². The quantitative estimate of drug-likeness (QED) is 0.426. The molecule has 90 valence electrons. The number of methoxy groups -OCH3 is 1. The Morgan fingerprint density at radius 1 is 1.27 bits per heavy atom. The molecule has 0 rings (SSSR count). The van der Waals surface area contributed by atoms with Crippen LogP contribution in [0.4, 0.5) is 0 Å². The van der Waals surface area contributed by atoms with Crippen LogP contribution in [-0.4, -0.2) is 39.9 Å². The summed E-state index contributed by atoms with van der Waals surface area (Å²) < 4.78 is 5.09. The predicted octanol–water partition coefficient (Wildman–Crippen LogP) is 1.41. The molecule has 0 saturated heterocycles. The second-order valence-corrected chi connectivity index (χ2v) is 4.58. The van der Waals surface area contributed by atoms with E-state index in [-0.39, 0.29) is 0 Å². The normalized spacial score (nSPS) is 11.7. The zero-order chi connectivity index (χ0) is 11.6. The van der Waals surface area contributed by atoms with Gasteiger partial charge < -0.3 is 15.4 Å². The number of nitrogens with one attached hydrogen (secondary N) is 2. The Kier molecular flexibility index (Phi) is 8.67. The van der Waals surface area contributed by atoms with E-state index < -0.39 is 0 Å². The minimum atomic E-state index is 0.314. The lowest BCUT2D eigenvalue weighted by molar-refractivity contribution is 0.151. The molecule has 3 nitrogen and oxygen atoms in total. The molecule has 0 unspecified atom stereocenters. The van der Waals surface area contributed by atoms with Crippen molar-refractivity contribution in [3.05, 3.63) is 12.7 Å². The maximum atomic E-state index is 5.09. The van der Waals surface area contributed by atoms with Gasteiger partial charge in [0, 0.05) is 39.9 Å². The molecule has 0 amide bonds. The van der Waals surface area contributed by atoms with Gasteiger partial charge in [0.2, 0.25) is 0 Å². The molecular weight excluding hydrogens is 188 g/mol. The molecule has 3 heteroatoms. The monoisotopic (exact) mass is 214 g/mol. The van der Waals surface area contributed by atoms with Crippen LogP contribution in [0.2, 0.25) is 0 Å². The molecule has 0 saturated carbocycles. The summed E-state index contributed by atoms with van der Waals surface area (Å²) in [6.07, 6.45) is 2.97. The maximum Gasteiger partial charge on any atom is 0.0467 e. The van der Waals surface area contributed by atoms with Gasteiger partial charge in [-0.25, -0.2) is 0 Å². The van der Waals surface area contributed by atoms with Gasteiger partial charge in [0.05, 0.1) is 0 Å². The molecule has 15 heavy (non-hydrogen) atoms. The molecule has 0 aliphatic rings. The Morgan fingerprint density at radius 3 is 2.53 bits per heavy atom. The van der Waals surface area contributed by atoms with Crippen LogP contribution in [0.3, 0.4) is 0 Å². The lowest BCUT2D eigenvalue weighted by Crippen LogP contribution is -2.35. The molecule has 0 aliphatic carbocycles. The second kappa shape index (κ2) is 8.89. The first-order valence-electron chi connectivity index (χ1n) is 5.63. The van der Waals surface area contributed by atoms with Crippen LogP contribution >= 0.6 is 0 Å². The molecule has 0 fully saturated rings. The van der Waals surface area contributed by atoms with Crippen molar-refractivity contribution in [2.24, 2.45) is 5.41 Å². The topological polar surface area (TPSA) is 33.3 Å². The van der Waals surface area contributed by atoms with E-state index in [2.05, 4.69) is 31.1 Å². The van der Waals surface area contributed by atoms with Crippen LogP contribution in [0.25, 0.3) is 0 Å². The van der Waals surface area contributed by atoms with Gasteiger partial charge in [-0.2, -0.15) is 0 Å². The molecular formula is C12H26N2O. The molecule has 2 N–H and O–H groups in total. The second-order valence-electron chi connectivity index (χ2n) is 4.58. The van der Waals surface area contributed by atoms with Crippen LogP contribution in [0.1, 0.15) is 20.3 Å². The minimum Gasteiger partial charge on any atom is -0.385 e. The van der Waals surface area contributed by atoms with Crippen molar-refractivity contribution in [2.45, 2.75) is 20.3 Å². The molecule has 0 aromatic carbocycles. The Hall–Kier alpha value is -0.380. The summed E-state index contributed by atoms with van der Waals surface area (Å²) in [6, 6.07) is 0. The predicted molar refractivity (Wildman–Crippen MR) is 66.2 cm³/mol. The van der Waals surface area contributed by atoms with Crippen molar-refractivity contribution in [3.63, 3.8) is 0 Å². The van der Waals surface area contributed by atoms with E-state index in [4.69, 9.17) is 4.74 Å². The van der Waals surface area contributed by atoms with Gasteiger partial charge in [-0.15, -0.1) is 6.58 Å². The Balaban J connectivity index is 3.35. The molecule has 0 aromatic rings. The highest BCUT2D eigenvalue weighted by atomic mass is 16.5. The maximum absolute atomic E-state index is 5.09. The van der Waals surface area contributed by atoms with Crippen LogP contribution in [-0.2, 0) is 4.74 Å². The zero-order valence-electron chi connectivity index (χ0n) is 10.4. The lowest BCUT2D eigenvalue weighted by atomic mass is 9.90. The average molecular weight is 214 g/mol. The van der Waals surface area contributed by atoms with E-state index in [1.165, 1.54) is 0 Å². The first-order chi connectivity index (χ1) is 7.12. The largest absolute Gasteiger partial charge is 0.385 e. The van der Waals surface area contributed by atoms with E-state index in [1.807, 2.05) is 6.08 Å². The number of ether oxygens (including phenoxy) is 1. The van der Waals surface area contributed by atoms with Crippen molar-refractivity contribution >= 4 is 0 Å². The van der Waals surface area contributed by atoms with Gasteiger partial charge in [0.15, 0.2) is 0 Å². The van der Waals surface area contributed by atoms with Crippen molar-refractivity contribution in [1.29, 1.82) is 0 Å². The third-order valence-electron chi connectivity index (χ3n) is 2.35. The van der Waals surface area contributed by atoms with E-state index >= 15 is 0 Å². The third-order valence-corrected chi connectivity index (χ3v) is 2.35. The smallest absolute Gasteiger partial charge is 0.0467 e. The van der Waals surface area contributed by atoms with Crippen molar-refractivity contribution in [3.8, 4) is 0 Å². The zero-order valence-corrected chi connectivity index (χ0v) is 10.4. The Labute approximate surface area is 94.3 Å². The van der Waals surface area contributed by atoms with Crippen molar-refractivity contribution in [1.82, 2.24) is 10.6 Å². The highest BCUT2D eigenvalue weighted by molar-refractivity contribution is 4.73. The summed E-state index contributed by atoms with van der Waals surface area (Å²) in [5.41, 5.74) is 0.314. The summed E-state index contributed by atoms with van der Waals surface area (Å²) in [5.74, 6) is 0. The Bertz CT molecular complexity index is 158. The fourth-order valence-electron chi connectivity index (χ4n) is 1.27. The Morgan fingerprint density at radius 2 is 1.93 bits per heavy atom. The average Bonchev–Trinajstić information content (AvgIpc) is 2.20. The molecule has 0 aromatic heterocycles. The van der Waals surface area contributed by atoms with Gasteiger partial charge >= 0.3 is 0 Å². The van der Waals surface area contributed by atoms with Gasteiger partial charge in [-0.3, -0.25) is 0 Å². The molecule has 0 spiro atoms. The van der Waals surface area contributed by atoms with E-state index in [1.54, 1.807) is 7.11 Å².